The van der Waals surface area contributed by atoms with Crippen molar-refractivity contribution in [3.05, 3.63) is 58.3 Å². The Bertz CT molecular complexity index is 645. The molecule has 2 heterocycles. The Hall–Kier alpha value is -2.63. The molecular weight excluding hydrogens is 258 g/mol. The number of hydrogen-bond donors (Lipinski definition) is 1. The Morgan fingerprint density at radius 1 is 1.30 bits per heavy atom. The highest BCUT2D eigenvalue weighted by Crippen LogP contribution is 2.35. The third kappa shape index (κ3) is 2.27. The molecule has 3 rings (SSSR count). The van der Waals surface area contributed by atoms with Crippen molar-refractivity contribution in [2.45, 2.75) is 12.5 Å². The van der Waals surface area contributed by atoms with Crippen molar-refractivity contribution in [1.29, 1.82) is 0 Å². The van der Waals surface area contributed by atoms with Crippen LogP contribution in [0.2, 0.25) is 0 Å². The van der Waals surface area contributed by atoms with Crippen LogP contribution >= 0.6 is 0 Å². The number of aromatic nitrogens is 1. The van der Waals surface area contributed by atoms with Crippen LogP contribution in [-0.4, -0.2) is 16.5 Å². The molecule has 2 aromatic rings. The average molecular weight is 271 g/mol. The first-order valence-electron chi connectivity index (χ1n) is 6.33. The summed E-state index contributed by atoms with van der Waals surface area (Å²) >= 11 is 0. The van der Waals surface area contributed by atoms with E-state index in [9.17, 15) is 10.1 Å². The maximum absolute atomic E-state index is 11.0. The second kappa shape index (κ2) is 5.16. The van der Waals surface area contributed by atoms with Crippen molar-refractivity contribution in [3.63, 3.8) is 0 Å². The second-order valence-electron chi connectivity index (χ2n) is 4.50. The Balaban J connectivity index is 1.92. The summed E-state index contributed by atoms with van der Waals surface area (Å²) in [5.74, 6) is 0.666. The molecule has 0 spiro atoms. The van der Waals surface area contributed by atoms with Crippen LogP contribution in [0.3, 0.4) is 0 Å². The number of hydrogen-bond acceptors (Lipinski definition) is 5. The van der Waals surface area contributed by atoms with Gasteiger partial charge in [0.15, 0.2) is 0 Å². The quantitative estimate of drug-likeness (QED) is 0.686. The number of nitrogens with one attached hydrogen (secondary N) is 1. The zero-order valence-corrected chi connectivity index (χ0v) is 10.7. The largest absolute Gasteiger partial charge is 0.493 e. The molecule has 0 amide bonds. The third-order valence-electron chi connectivity index (χ3n) is 3.25. The standard InChI is InChI=1S/C14H13N3O3/c18-17(19)14-12(5-3-8-15-14)16-11-7-9-20-13-6-2-1-4-10(11)13/h1-6,8,11,16H,7,9H2. The van der Waals surface area contributed by atoms with Gasteiger partial charge < -0.3 is 20.2 Å². The lowest BCUT2D eigenvalue weighted by Gasteiger charge is -2.27. The lowest BCUT2D eigenvalue weighted by molar-refractivity contribution is -0.388. The van der Waals surface area contributed by atoms with E-state index >= 15 is 0 Å². The van der Waals surface area contributed by atoms with Crippen molar-refractivity contribution in [3.8, 4) is 5.75 Å². The van der Waals surface area contributed by atoms with Gasteiger partial charge in [0, 0.05) is 12.0 Å². The fourth-order valence-electron chi connectivity index (χ4n) is 2.33. The lowest BCUT2D eigenvalue weighted by Crippen LogP contribution is -2.20. The van der Waals surface area contributed by atoms with Crippen molar-refractivity contribution >= 4 is 11.5 Å². The first kappa shape index (κ1) is 12.4. The van der Waals surface area contributed by atoms with Crippen LogP contribution in [-0.2, 0) is 0 Å². The van der Waals surface area contributed by atoms with E-state index in [2.05, 4.69) is 10.3 Å². The van der Waals surface area contributed by atoms with Crippen LogP contribution in [0.4, 0.5) is 11.5 Å². The molecule has 0 saturated heterocycles. The predicted octanol–water partition coefficient (Wildman–Crippen LogP) is 2.93. The van der Waals surface area contributed by atoms with Gasteiger partial charge in [-0.05, 0) is 28.1 Å². The molecule has 1 N–H and O–H groups in total. The predicted molar refractivity (Wildman–Crippen MR) is 73.8 cm³/mol. The minimum Gasteiger partial charge on any atom is -0.493 e. The maximum Gasteiger partial charge on any atom is 0.386 e. The van der Waals surface area contributed by atoms with Crippen molar-refractivity contribution in [1.82, 2.24) is 4.98 Å². The summed E-state index contributed by atoms with van der Waals surface area (Å²) in [5, 5.41) is 14.2. The van der Waals surface area contributed by atoms with Gasteiger partial charge in [0.05, 0.1) is 12.6 Å². The normalized spacial score (nSPS) is 16.9. The van der Waals surface area contributed by atoms with Crippen LogP contribution in [0.15, 0.2) is 42.6 Å². The van der Waals surface area contributed by atoms with Gasteiger partial charge in [0.2, 0.25) is 0 Å². The smallest absolute Gasteiger partial charge is 0.386 e. The number of para-hydroxylation sites is 1. The highest BCUT2D eigenvalue weighted by molar-refractivity contribution is 5.58. The van der Waals surface area contributed by atoms with Gasteiger partial charge in [-0.1, -0.05) is 18.2 Å². The number of pyridine rings is 1. The van der Waals surface area contributed by atoms with Crippen LogP contribution in [0.25, 0.3) is 0 Å². The molecule has 0 bridgehead atoms. The van der Waals surface area contributed by atoms with Crippen LogP contribution in [0.5, 0.6) is 5.75 Å². The fraction of sp³-hybridized carbons (Fsp3) is 0.214. The number of fused-ring (bicyclic) bond motifs is 1. The number of nitrogens with zero attached hydrogens (tertiary/aromatic N) is 2. The highest BCUT2D eigenvalue weighted by atomic mass is 16.6. The Morgan fingerprint density at radius 2 is 2.15 bits per heavy atom. The topological polar surface area (TPSA) is 77.3 Å². The molecule has 102 valence electrons. The molecule has 1 aliphatic heterocycles. The first-order valence-corrected chi connectivity index (χ1v) is 6.33. The van der Waals surface area contributed by atoms with E-state index in [1.807, 2.05) is 24.3 Å². The molecule has 6 nitrogen and oxygen atoms in total. The molecular formula is C14H13N3O3. The summed E-state index contributed by atoms with van der Waals surface area (Å²) in [5.41, 5.74) is 1.44. The van der Waals surface area contributed by atoms with Crippen LogP contribution < -0.4 is 10.1 Å². The van der Waals surface area contributed by atoms with Crippen molar-refractivity contribution < 1.29 is 9.66 Å². The maximum atomic E-state index is 11.0. The number of anilines is 1. The fourth-order valence-corrected chi connectivity index (χ4v) is 2.33. The average Bonchev–Trinajstić information content (AvgIpc) is 2.48. The Kier molecular flexibility index (Phi) is 3.20. The molecule has 1 atom stereocenters. The summed E-state index contributed by atoms with van der Waals surface area (Å²) in [7, 11) is 0. The Labute approximate surface area is 115 Å². The SMILES string of the molecule is O=[N+]([O-])c1ncccc1NC1CCOc2ccccc21. The molecule has 6 heteroatoms. The zero-order valence-electron chi connectivity index (χ0n) is 10.7. The number of nitro groups is 1. The highest BCUT2D eigenvalue weighted by Gasteiger charge is 2.24. The van der Waals surface area contributed by atoms with E-state index in [1.165, 1.54) is 6.20 Å². The molecule has 20 heavy (non-hydrogen) atoms. The lowest BCUT2D eigenvalue weighted by atomic mass is 10.0. The molecule has 0 fully saturated rings. The molecule has 0 aliphatic carbocycles. The van der Waals surface area contributed by atoms with Gasteiger partial charge in [-0.3, -0.25) is 0 Å². The summed E-state index contributed by atoms with van der Waals surface area (Å²) in [6.07, 6.45) is 2.17. The van der Waals surface area contributed by atoms with E-state index in [1.54, 1.807) is 12.1 Å². The minimum atomic E-state index is -0.479. The second-order valence-corrected chi connectivity index (χ2v) is 4.50. The zero-order chi connectivity index (χ0) is 13.9. The van der Waals surface area contributed by atoms with E-state index in [4.69, 9.17) is 4.74 Å². The van der Waals surface area contributed by atoms with E-state index in [0.29, 0.717) is 12.3 Å². The van der Waals surface area contributed by atoms with Gasteiger partial charge in [-0.15, -0.1) is 0 Å². The van der Waals surface area contributed by atoms with Gasteiger partial charge in [-0.2, -0.15) is 0 Å². The number of benzene rings is 1. The summed E-state index contributed by atoms with van der Waals surface area (Å²) in [6.45, 7) is 0.586. The molecule has 1 unspecified atom stereocenters. The van der Waals surface area contributed by atoms with Crippen LogP contribution in [0, 0.1) is 10.1 Å². The first-order chi connectivity index (χ1) is 9.75. The summed E-state index contributed by atoms with van der Waals surface area (Å²) in [4.78, 5) is 14.3. The molecule has 1 aromatic carbocycles. The molecule has 0 radical (unpaired) electrons. The third-order valence-corrected chi connectivity index (χ3v) is 3.25. The molecule has 0 saturated carbocycles. The van der Waals surface area contributed by atoms with E-state index in [0.717, 1.165) is 17.7 Å². The monoisotopic (exact) mass is 271 g/mol. The van der Waals surface area contributed by atoms with Crippen molar-refractivity contribution in [2.24, 2.45) is 0 Å². The van der Waals surface area contributed by atoms with Gasteiger partial charge in [0.25, 0.3) is 0 Å². The van der Waals surface area contributed by atoms with Crippen LogP contribution in [0.1, 0.15) is 18.0 Å². The number of ether oxygens (including phenoxy) is 1. The van der Waals surface area contributed by atoms with Gasteiger partial charge in [0.1, 0.15) is 17.6 Å². The molecule has 1 aromatic heterocycles. The van der Waals surface area contributed by atoms with Gasteiger partial charge >= 0.3 is 5.82 Å². The summed E-state index contributed by atoms with van der Waals surface area (Å²) < 4.78 is 5.58. The van der Waals surface area contributed by atoms with E-state index in [-0.39, 0.29) is 11.9 Å². The number of rotatable bonds is 3. The van der Waals surface area contributed by atoms with Gasteiger partial charge in [-0.25, -0.2) is 0 Å². The van der Waals surface area contributed by atoms with E-state index < -0.39 is 4.92 Å². The Morgan fingerprint density at radius 3 is 3.00 bits per heavy atom. The molecule has 1 aliphatic rings. The van der Waals surface area contributed by atoms with Crippen molar-refractivity contribution in [2.75, 3.05) is 11.9 Å². The minimum absolute atomic E-state index is 0.0113. The summed E-state index contributed by atoms with van der Waals surface area (Å²) in [6, 6.07) is 11.1.